The van der Waals surface area contributed by atoms with Crippen LogP contribution in [-0.2, 0) is 0 Å². The van der Waals surface area contributed by atoms with Gasteiger partial charge in [0.25, 0.3) is 5.91 Å². The van der Waals surface area contributed by atoms with Crippen molar-refractivity contribution in [3.8, 4) is 5.75 Å². The highest BCUT2D eigenvalue weighted by Crippen LogP contribution is 2.24. The molecule has 0 unspecified atom stereocenters. The fraction of sp³-hybridized carbons (Fsp3) is 0.500. The number of amides is 1. The topological polar surface area (TPSA) is 38.3 Å². The molecule has 0 atom stereocenters. The molecule has 0 aliphatic heterocycles. The molecule has 1 aromatic carbocycles. The monoisotopic (exact) mass is 313 g/mol. The molecule has 0 heterocycles. The molecule has 0 aromatic heterocycles. The quantitative estimate of drug-likeness (QED) is 0.898. The van der Waals surface area contributed by atoms with Gasteiger partial charge in [0.2, 0.25) is 0 Å². The molecule has 0 bridgehead atoms. The van der Waals surface area contributed by atoms with E-state index in [9.17, 15) is 4.79 Å². The van der Waals surface area contributed by atoms with Gasteiger partial charge < -0.3 is 10.1 Å². The zero-order valence-corrected chi connectivity index (χ0v) is 12.9. The predicted octanol–water partition coefficient (Wildman–Crippen LogP) is 3.77. The van der Waals surface area contributed by atoms with Gasteiger partial charge in [-0.05, 0) is 38.5 Å². The van der Waals surface area contributed by atoms with E-state index in [1.807, 2.05) is 19.9 Å². The van der Waals surface area contributed by atoms with Crippen LogP contribution < -0.4 is 10.1 Å². The Labute approximate surface area is 117 Å². The van der Waals surface area contributed by atoms with Crippen LogP contribution in [0, 0.1) is 0 Å². The Kier molecular flexibility index (Phi) is 5.20. The molecule has 4 heteroatoms. The number of ether oxygens (including phenoxy) is 1. The van der Waals surface area contributed by atoms with E-state index in [2.05, 4.69) is 28.2 Å². The van der Waals surface area contributed by atoms with E-state index >= 15 is 0 Å². The smallest absolute Gasteiger partial charge is 0.255 e. The van der Waals surface area contributed by atoms with Crippen LogP contribution in [0.3, 0.4) is 0 Å². The zero-order chi connectivity index (χ0) is 13.8. The van der Waals surface area contributed by atoms with Gasteiger partial charge in [-0.3, -0.25) is 4.79 Å². The van der Waals surface area contributed by atoms with Crippen molar-refractivity contribution >= 4 is 21.8 Å². The second-order valence-electron chi connectivity index (χ2n) is 4.93. The van der Waals surface area contributed by atoms with Gasteiger partial charge >= 0.3 is 0 Å². The summed E-state index contributed by atoms with van der Waals surface area (Å²) in [6.07, 6.45) is 1.97. The van der Waals surface area contributed by atoms with Crippen LogP contribution in [-0.4, -0.2) is 18.6 Å². The molecule has 0 aliphatic rings. The van der Waals surface area contributed by atoms with E-state index in [0.717, 1.165) is 17.3 Å². The Morgan fingerprint density at radius 2 is 2.11 bits per heavy atom. The van der Waals surface area contributed by atoms with Crippen LogP contribution in [0.15, 0.2) is 22.7 Å². The zero-order valence-electron chi connectivity index (χ0n) is 11.3. The largest absolute Gasteiger partial charge is 0.496 e. The third-order valence-electron chi connectivity index (χ3n) is 2.74. The highest BCUT2D eigenvalue weighted by molar-refractivity contribution is 9.10. The minimum absolute atomic E-state index is 0.0993. The Balaban J connectivity index is 2.91. The molecule has 0 saturated heterocycles. The van der Waals surface area contributed by atoms with Crippen LogP contribution in [0.5, 0.6) is 5.75 Å². The summed E-state index contributed by atoms with van der Waals surface area (Å²) in [5.41, 5.74) is 0.356. The number of hydrogen-bond acceptors (Lipinski definition) is 2. The van der Waals surface area contributed by atoms with Gasteiger partial charge in [0.15, 0.2) is 0 Å². The number of nitrogens with one attached hydrogen (secondary N) is 1. The van der Waals surface area contributed by atoms with E-state index < -0.39 is 0 Å². The molecule has 1 N–H and O–H groups in total. The molecule has 1 aromatic rings. The summed E-state index contributed by atoms with van der Waals surface area (Å²) in [5.74, 6) is 0.479. The first-order chi connectivity index (χ1) is 8.39. The van der Waals surface area contributed by atoms with Crippen molar-refractivity contribution in [2.24, 2.45) is 0 Å². The van der Waals surface area contributed by atoms with Crippen molar-refractivity contribution in [2.75, 3.05) is 7.11 Å². The number of carbonyl (C=O) groups excluding carboxylic acids is 1. The summed E-state index contributed by atoms with van der Waals surface area (Å²) in [4.78, 5) is 12.2. The van der Waals surface area contributed by atoms with Crippen LogP contribution in [0.2, 0.25) is 0 Å². The fourth-order valence-corrected chi connectivity index (χ4v) is 2.25. The van der Waals surface area contributed by atoms with Gasteiger partial charge in [-0.2, -0.15) is 0 Å². The lowest BCUT2D eigenvalue weighted by Gasteiger charge is -2.26. The van der Waals surface area contributed by atoms with E-state index in [-0.39, 0.29) is 11.4 Å². The second-order valence-corrected chi connectivity index (χ2v) is 5.85. The first-order valence-electron chi connectivity index (χ1n) is 6.05. The minimum Gasteiger partial charge on any atom is -0.496 e. The Bertz CT molecular complexity index is 430. The lowest BCUT2D eigenvalue weighted by molar-refractivity contribution is 0.0906. The number of methoxy groups -OCH3 is 1. The molecule has 0 aliphatic carbocycles. The highest BCUT2D eigenvalue weighted by Gasteiger charge is 2.22. The predicted molar refractivity (Wildman–Crippen MR) is 77.1 cm³/mol. The number of carbonyl (C=O) groups is 1. The summed E-state index contributed by atoms with van der Waals surface area (Å²) in [6.45, 7) is 6.16. The molecule has 0 radical (unpaired) electrons. The standard InChI is InChI=1S/C14H20BrNO2/c1-5-8-14(2,3)16-13(17)11-7-6-10(15)9-12(11)18-4/h6-7,9H,5,8H2,1-4H3,(H,16,17). The Morgan fingerprint density at radius 3 is 2.67 bits per heavy atom. The molecule has 0 saturated carbocycles. The molecular formula is C14H20BrNO2. The van der Waals surface area contributed by atoms with Crippen LogP contribution >= 0.6 is 15.9 Å². The van der Waals surface area contributed by atoms with Crippen molar-refractivity contribution in [2.45, 2.75) is 39.2 Å². The lowest BCUT2D eigenvalue weighted by Crippen LogP contribution is -2.43. The average molecular weight is 314 g/mol. The molecule has 0 spiro atoms. The van der Waals surface area contributed by atoms with Gasteiger partial charge in [0.05, 0.1) is 12.7 Å². The number of rotatable bonds is 5. The molecular weight excluding hydrogens is 294 g/mol. The SMILES string of the molecule is CCCC(C)(C)NC(=O)c1ccc(Br)cc1OC. The van der Waals surface area contributed by atoms with E-state index in [0.29, 0.717) is 11.3 Å². The molecule has 18 heavy (non-hydrogen) atoms. The third kappa shape index (κ3) is 4.02. The van der Waals surface area contributed by atoms with E-state index in [4.69, 9.17) is 4.74 Å². The van der Waals surface area contributed by atoms with Gasteiger partial charge in [0.1, 0.15) is 5.75 Å². The molecule has 1 rings (SSSR count). The average Bonchev–Trinajstić information content (AvgIpc) is 2.27. The number of halogens is 1. The maximum absolute atomic E-state index is 12.2. The van der Waals surface area contributed by atoms with Gasteiger partial charge in [-0.15, -0.1) is 0 Å². The van der Waals surface area contributed by atoms with Crippen molar-refractivity contribution in [3.63, 3.8) is 0 Å². The summed E-state index contributed by atoms with van der Waals surface area (Å²) in [7, 11) is 1.57. The van der Waals surface area contributed by atoms with Crippen LogP contribution in [0.25, 0.3) is 0 Å². The summed E-state index contributed by atoms with van der Waals surface area (Å²) >= 11 is 3.36. The van der Waals surface area contributed by atoms with Gasteiger partial charge in [0, 0.05) is 10.0 Å². The van der Waals surface area contributed by atoms with Crippen LogP contribution in [0.4, 0.5) is 0 Å². The molecule has 0 fully saturated rings. The summed E-state index contributed by atoms with van der Waals surface area (Å²) < 4.78 is 6.12. The third-order valence-corrected chi connectivity index (χ3v) is 3.23. The van der Waals surface area contributed by atoms with Gasteiger partial charge in [-0.1, -0.05) is 29.3 Å². The Morgan fingerprint density at radius 1 is 1.44 bits per heavy atom. The summed E-state index contributed by atoms with van der Waals surface area (Å²) in [6, 6.07) is 5.40. The van der Waals surface area contributed by atoms with Crippen LogP contribution in [0.1, 0.15) is 44.0 Å². The van der Waals surface area contributed by atoms with Crippen molar-refractivity contribution in [1.82, 2.24) is 5.32 Å². The first-order valence-corrected chi connectivity index (χ1v) is 6.85. The maximum Gasteiger partial charge on any atom is 0.255 e. The van der Waals surface area contributed by atoms with Gasteiger partial charge in [-0.25, -0.2) is 0 Å². The maximum atomic E-state index is 12.2. The number of hydrogen-bond donors (Lipinski definition) is 1. The minimum atomic E-state index is -0.204. The molecule has 3 nitrogen and oxygen atoms in total. The molecule has 1 amide bonds. The lowest BCUT2D eigenvalue weighted by atomic mass is 9.98. The fourth-order valence-electron chi connectivity index (χ4n) is 1.91. The second kappa shape index (κ2) is 6.23. The van der Waals surface area contributed by atoms with Crippen molar-refractivity contribution in [1.29, 1.82) is 0 Å². The number of benzene rings is 1. The molecule has 100 valence electrons. The highest BCUT2D eigenvalue weighted by atomic mass is 79.9. The summed E-state index contributed by atoms with van der Waals surface area (Å²) in [5, 5.41) is 3.03. The Hall–Kier alpha value is -1.03. The van der Waals surface area contributed by atoms with Crippen molar-refractivity contribution in [3.05, 3.63) is 28.2 Å². The first kappa shape index (κ1) is 15.0. The normalized spacial score (nSPS) is 11.2. The van der Waals surface area contributed by atoms with E-state index in [1.54, 1.807) is 19.2 Å². The van der Waals surface area contributed by atoms with Crippen molar-refractivity contribution < 1.29 is 9.53 Å². The van der Waals surface area contributed by atoms with E-state index in [1.165, 1.54) is 0 Å².